The molecular formula is C15H23FN2. The molecule has 1 saturated carbocycles. The van der Waals surface area contributed by atoms with Gasteiger partial charge < -0.3 is 0 Å². The minimum atomic E-state index is -0.191. The average Bonchev–Trinajstić information content (AvgIpc) is 2.42. The highest BCUT2D eigenvalue weighted by molar-refractivity contribution is 5.20. The van der Waals surface area contributed by atoms with Gasteiger partial charge in [-0.1, -0.05) is 38.3 Å². The van der Waals surface area contributed by atoms with Gasteiger partial charge in [0.25, 0.3) is 0 Å². The molecule has 2 nitrogen and oxygen atoms in total. The topological polar surface area (TPSA) is 38.0 Å². The van der Waals surface area contributed by atoms with Crippen LogP contribution in [0.15, 0.2) is 24.3 Å². The number of hydrazine groups is 1. The number of halogens is 1. The van der Waals surface area contributed by atoms with Crippen LogP contribution in [0.1, 0.15) is 50.6 Å². The number of hydrogen-bond donors (Lipinski definition) is 2. The van der Waals surface area contributed by atoms with Crippen LogP contribution < -0.4 is 11.3 Å². The van der Waals surface area contributed by atoms with Crippen molar-refractivity contribution < 1.29 is 4.39 Å². The summed E-state index contributed by atoms with van der Waals surface area (Å²) in [6.45, 7) is 2.27. The van der Waals surface area contributed by atoms with E-state index in [2.05, 4.69) is 12.3 Å². The van der Waals surface area contributed by atoms with Gasteiger partial charge in [-0.2, -0.15) is 0 Å². The quantitative estimate of drug-likeness (QED) is 0.633. The van der Waals surface area contributed by atoms with Crippen LogP contribution in [0.2, 0.25) is 0 Å². The van der Waals surface area contributed by atoms with Crippen molar-refractivity contribution in [3.63, 3.8) is 0 Å². The lowest BCUT2D eigenvalue weighted by Gasteiger charge is -2.33. The summed E-state index contributed by atoms with van der Waals surface area (Å²) >= 11 is 0. The molecule has 1 aromatic rings. The van der Waals surface area contributed by atoms with Crippen LogP contribution in [0.5, 0.6) is 0 Å². The van der Waals surface area contributed by atoms with Crippen molar-refractivity contribution in [3.05, 3.63) is 35.6 Å². The van der Waals surface area contributed by atoms with Gasteiger partial charge in [-0.05, 0) is 42.4 Å². The van der Waals surface area contributed by atoms with E-state index in [1.165, 1.54) is 44.2 Å². The Hall–Kier alpha value is -0.930. The van der Waals surface area contributed by atoms with E-state index < -0.39 is 0 Å². The molecule has 18 heavy (non-hydrogen) atoms. The van der Waals surface area contributed by atoms with Crippen LogP contribution in [0.3, 0.4) is 0 Å². The van der Waals surface area contributed by atoms with Gasteiger partial charge in [0.2, 0.25) is 0 Å². The molecule has 0 radical (unpaired) electrons. The Morgan fingerprint density at radius 3 is 2.33 bits per heavy atom. The molecule has 1 aliphatic rings. The van der Waals surface area contributed by atoms with E-state index in [0.717, 1.165) is 11.5 Å². The molecule has 1 aliphatic carbocycles. The molecule has 0 amide bonds. The van der Waals surface area contributed by atoms with Gasteiger partial charge in [0, 0.05) is 6.04 Å². The first-order valence-corrected chi connectivity index (χ1v) is 6.96. The zero-order chi connectivity index (χ0) is 13.0. The SMILES string of the molecule is CCC1CCC(C(NN)c2ccc(F)cc2)CC1. The summed E-state index contributed by atoms with van der Waals surface area (Å²) in [5.41, 5.74) is 4.01. The number of rotatable bonds is 4. The van der Waals surface area contributed by atoms with E-state index >= 15 is 0 Å². The Morgan fingerprint density at radius 1 is 1.22 bits per heavy atom. The molecular weight excluding hydrogens is 227 g/mol. The van der Waals surface area contributed by atoms with Crippen molar-refractivity contribution in [3.8, 4) is 0 Å². The van der Waals surface area contributed by atoms with Crippen molar-refractivity contribution in [1.82, 2.24) is 5.43 Å². The molecule has 0 bridgehead atoms. The summed E-state index contributed by atoms with van der Waals surface area (Å²) in [5, 5.41) is 0. The number of nitrogens with one attached hydrogen (secondary N) is 1. The molecule has 0 saturated heterocycles. The Bertz CT molecular complexity index is 355. The normalized spacial score (nSPS) is 25.9. The summed E-state index contributed by atoms with van der Waals surface area (Å²) in [6.07, 6.45) is 6.29. The van der Waals surface area contributed by atoms with Crippen LogP contribution in [-0.4, -0.2) is 0 Å². The van der Waals surface area contributed by atoms with Crippen molar-refractivity contribution >= 4 is 0 Å². The molecule has 0 aliphatic heterocycles. The second-order valence-electron chi connectivity index (χ2n) is 5.38. The lowest BCUT2D eigenvalue weighted by atomic mass is 9.76. The van der Waals surface area contributed by atoms with Crippen LogP contribution in [-0.2, 0) is 0 Å². The Labute approximate surface area is 109 Å². The van der Waals surface area contributed by atoms with Crippen LogP contribution in [0.4, 0.5) is 4.39 Å². The first-order valence-electron chi connectivity index (χ1n) is 6.96. The van der Waals surface area contributed by atoms with Crippen molar-refractivity contribution in [2.75, 3.05) is 0 Å². The summed E-state index contributed by atoms with van der Waals surface area (Å²) in [7, 11) is 0. The Kier molecular flexibility index (Phi) is 4.72. The lowest BCUT2D eigenvalue weighted by Crippen LogP contribution is -2.35. The zero-order valence-corrected chi connectivity index (χ0v) is 11.0. The Morgan fingerprint density at radius 2 is 1.83 bits per heavy atom. The third-order valence-electron chi connectivity index (χ3n) is 4.35. The van der Waals surface area contributed by atoms with E-state index in [0.29, 0.717) is 5.92 Å². The second-order valence-corrected chi connectivity index (χ2v) is 5.38. The summed E-state index contributed by atoms with van der Waals surface area (Å²) < 4.78 is 12.9. The van der Waals surface area contributed by atoms with Crippen molar-refractivity contribution in [1.29, 1.82) is 0 Å². The summed E-state index contributed by atoms with van der Waals surface area (Å²) in [6, 6.07) is 6.86. The van der Waals surface area contributed by atoms with E-state index in [1.807, 2.05) is 12.1 Å². The fraction of sp³-hybridized carbons (Fsp3) is 0.600. The maximum atomic E-state index is 12.9. The maximum Gasteiger partial charge on any atom is 0.123 e. The molecule has 0 heterocycles. The fourth-order valence-electron chi connectivity index (χ4n) is 3.10. The van der Waals surface area contributed by atoms with Crippen LogP contribution >= 0.6 is 0 Å². The van der Waals surface area contributed by atoms with Gasteiger partial charge in [-0.15, -0.1) is 0 Å². The maximum absolute atomic E-state index is 12.9. The van der Waals surface area contributed by atoms with E-state index in [1.54, 1.807) is 0 Å². The van der Waals surface area contributed by atoms with Gasteiger partial charge in [0.05, 0.1) is 0 Å². The fourth-order valence-corrected chi connectivity index (χ4v) is 3.10. The molecule has 1 unspecified atom stereocenters. The standard InChI is InChI=1S/C15H23FN2/c1-2-11-3-5-12(6-4-11)15(18-17)13-7-9-14(16)10-8-13/h7-12,15,18H,2-6,17H2,1H3. The van der Waals surface area contributed by atoms with Crippen molar-refractivity contribution in [2.24, 2.45) is 17.7 Å². The van der Waals surface area contributed by atoms with Gasteiger partial charge >= 0.3 is 0 Å². The third-order valence-corrected chi connectivity index (χ3v) is 4.35. The molecule has 100 valence electrons. The average molecular weight is 250 g/mol. The predicted octanol–water partition coefficient (Wildman–Crippen LogP) is 3.55. The summed E-state index contributed by atoms with van der Waals surface area (Å²) in [4.78, 5) is 0. The molecule has 0 aromatic heterocycles. The molecule has 1 atom stereocenters. The summed E-state index contributed by atoms with van der Waals surface area (Å²) in [5.74, 6) is 6.96. The first-order chi connectivity index (χ1) is 8.74. The number of nitrogens with two attached hydrogens (primary N) is 1. The van der Waals surface area contributed by atoms with E-state index in [4.69, 9.17) is 5.84 Å². The molecule has 3 N–H and O–H groups in total. The van der Waals surface area contributed by atoms with Crippen LogP contribution in [0, 0.1) is 17.7 Å². The highest BCUT2D eigenvalue weighted by atomic mass is 19.1. The smallest absolute Gasteiger partial charge is 0.123 e. The molecule has 0 spiro atoms. The van der Waals surface area contributed by atoms with Gasteiger partial charge in [-0.3, -0.25) is 11.3 Å². The largest absolute Gasteiger partial charge is 0.271 e. The minimum Gasteiger partial charge on any atom is -0.271 e. The zero-order valence-electron chi connectivity index (χ0n) is 11.0. The molecule has 1 fully saturated rings. The number of hydrogen-bond acceptors (Lipinski definition) is 2. The Balaban J connectivity index is 2.03. The lowest BCUT2D eigenvalue weighted by molar-refractivity contribution is 0.219. The van der Waals surface area contributed by atoms with Gasteiger partial charge in [-0.25, -0.2) is 4.39 Å². The highest BCUT2D eigenvalue weighted by Gasteiger charge is 2.27. The molecule has 3 heteroatoms. The minimum absolute atomic E-state index is 0.156. The monoisotopic (exact) mass is 250 g/mol. The first kappa shape index (κ1) is 13.5. The van der Waals surface area contributed by atoms with Gasteiger partial charge in [0.1, 0.15) is 5.82 Å². The molecule has 1 aromatic carbocycles. The highest BCUT2D eigenvalue weighted by Crippen LogP contribution is 2.37. The van der Waals surface area contributed by atoms with Crippen LogP contribution in [0.25, 0.3) is 0 Å². The van der Waals surface area contributed by atoms with E-state index in [-0.39, 0.29) is 11.9 Å². The van der Waals surface area contributed by atoms with E-state index in [9.17, 15) is 4.39 Å². The number of benzene rings is 1. The second kappa shape index (κ2) is 6.30. The third kappa shape index (κ3) is 3.09. The molecule has 2 rings (SSSR count). The van der Waals surface area contributed by atoms with Gasteiger partial charge in [0.15, 0.2) is 0 Å². The van der Waals surface area contributed by atoms with Crippen molar-refractivity contribution in [2.45, 2.75) is 45.1 Å². The predicted molar refractivity (Wildman–Crippen MR) is 72.2 cm³/mol.